The number of likely N-dealkylation sites (N-methyl/N-ethyl adjacent to an activating group) is 1. The van der Waals surface area contributed by atoms with Crippen LogP contribution in [0.3, 0.4) is 0 Å². The fourth-order valence-electron chi connectivity index (χ4n) is 4.31. The van der Waals surface area contributed by atoms with E-state index in [9.17, 15) is 0 Å². The van der Waals surface area contributed by atoms with Gasteiger partial charge in [0, 0.05) is 18.0 Å². The van der Waals surface area contributed by atoms with Gasteiger partial charge >= 0.3 is 0 Å². The molecule has 2 heteroatoms. The molecule has 0 fully saturated rings. The Labute approximate surface area is 138 Å². The summed E-state index contributed by atoms with van der Waals surface area (Å²) < 4.78 is 0. The monoisotopic (exact) mass is 304 g/mol. The summed E-state index contributed by atoms with van der Waals surface area (Å²) in [6.45, 7) is 11.4. The van der Waals surface area contributed by atoms with Gasteiger partial charge in [-0.25, -0.2) is 4.99 Å². The molecule has 2 aliphatic rings. The summed E-state index contributed by atoms with van der Waals surface area (Å²) in [5, 5.41) is 0. The number of hydrogen-bond donors (Lipinski definition) is 0. The number of anilines is 1. The number of benzene rings is 2. The molecule has 0 saturated carbocycles. The molecule has 23 heavy (non-hydrogen) atoms. The van der Waals surface area contributed by atoms with Crippen LogP contribution in [0.4, 0.5) is 11.4 Å². The van der Waals surface area contributed by atoms with E-state index in [4.69, 9.17) is 4.99 Å². The fourth-order valence-corrected chi connectivity index (χ4v) is 4.31. The molecular weight excluding hydrogens is 280 g/mol. The molecular formula is C21H24N2. The number of rotatable bonds is 0. The predicted octanol–water partition coefficient (Wildman–Crippen LogP) is 4.92. The Kier molecular flexibility index (Phi) is 2.68. The van der Waals surface area contributed by atoms with Gasteiger partial charge in [0.05, 0.1) is 22.6 Å². The van der Waals surface area contributed by atoms with Crippen LogP contribution in [-0.2, 0) is 5.41 Å². The van der Waals surface area contributed by atoms with Crippen LogP contribution in [0.25, 0.3) is 0 Å². The first kappa shape index (κ1) is 14.5. The van der Waals surface area contributed by atoms with Gasteiger partial charge in [0.1, 0.15) is 0 Å². The van der Waals surface area contributed by atoms with Gasteiger partial charge in [0.15, 0.2) is 0 Å². The lowest BCUT2D eigenvalue weighted by molar-refractivity contribution is 0.368. The lowest BCUT2D eigenvalue weighted by Gasteiger charge is -2.49. The summed E-state index contributed by atoms with van der Waals surface area (Å²) in [5.41, 5.74) is 8.73. The maximum absolute atomic E-state index is 5.14. The highest BCUT2D eigenvalue weighted by atomic mass is 15.2. The highest BCUT2D eigenvalue weighted by Gasteiger charge is 2.57. The quantitative estimate of drug-likeness (QED) is 0.674. The Morgan fingerprint density at radius 1 is 0.957 bits per heavy atom. The number of aliphatic imine (C=N–C) groups is 1. The largest absolute Gasteiger partial charge is 0.361 e. The Balaban J connectivity index is 2.07. The molecule has 0 bridgehead atoms. The number of aryl methyl sites for hydroxylation is 2. The third-order valence-corrected chi connectivity index (χ3v) is 6.39. The van der Waals surface area contributed by atoms with Crippen LogP contribution >= 0.6 is 0 Å². The van der Waals surface area contributed by atoms with Gasteiger partial charge in [-0.2, -0.15) is 0 Å². The van der Waals surface area contributed by atoms with Crippen molar-refractivity contribution in [3.8, 4) is 0 Å². The number of hydrogen-bond acceptors (Lipinski definition) is 2. The zero-order valence-corrected chi connectivity index (χ0v) is 14.9. The first-order valence-electron chi connectivity index (χ1n) is 8.32. The Hall–Kier alpha value is -2.09. The van der Waals surface area contributed by atoms with Crippen molar-refractivity contribution in [3.63, 3.8) is 0 Å². The zero-order chi connectivity index (χ0) is 16.6. The highest BCUT2D eigenvalue weighted by molar-refractivity contribution is 6.17. The van der Waals surface area contributed by atoms with Crippen molar-refractivity contribution in [2.75, 3.05) is 11.9 Å². The molecule has 0 spiro atoms. The minimum absolute atomic E-state index is 0.00760. The second-order valence-electron chi connectivity index (χ2n) is 7.69. The molecule has 0 aromatic heterocycles. The van der Waals surface area contributed by atoms with Crippen LogP contribution in [0.1, 0.15) is 43.0 Å². The molecule has 0 unspecified atom stereocenters. The summed E-state index contributed by atoms with van der Waals surface area (Å²) in [6.07, 6.45) is 0. The molecule has 1 aliphatic heterocycles. The van der Waals surface area contributed by atoms with E-state index in [1.54, 1.807) is 0 Å². The standard InChI is InChI=1S/C21H24N2/c1-13-11-17-18(12-14(13)2)23(6)21(5)19(22-17)15-9-7-8-10-16(15)20(21,3)4/h7-12H,1-6H3/t21-/m0/s1. The second-order valence-corrected chi connectivity index (χ2v) is 7.69. The van der Waals surface area contributed by atoms with Gasteiger partial charge in [-0.15, -0.1) is 0 Å². The lowest BCUT2D eigenvalue weighted by atomic mass is 9.71. The van der Waals surface area contributed by atoms with E-state index in [0.29, 0.717) is 0 Å². The van der Waals surface area contributed by atoms with Crippen molar-refractivity contribution in [3.05, 3.63) is 58.7 Å². The van der Waals surface area contributed by atoms with Gasteiger partial charge in [-0.1, -0.05) is 38.1 Å². The molecule has 2 aromatic rings. The molecule has 1 aliphatic carbocycles. The summed E-state index contributed by atoms with van der Waals surface area (Å²) >= 11 is 0. The maximum atomic E-state index is 5.14. The number of nitrogens with zero attached hydrogens (tertiary/aromatic N) is 2. The van der Waals surface area contributed by atoms with Crippen LogP contribution in [0.15, 0.2) is 41.4 Å². The molecule has 1 heterocycles. The molecule has 2 nitrogen and oxygen atoms in total. The van der Waals surface area contributed by atoms with Crippen LogP contribution in [-0.4, -0.2) is 18.3 Å². The molecule has 118 valence electrons. The normalized spacial score (nSPS) is 23.9. The topological polar surface area (TPSA) is 15.6 Å². The van der Waals surface area contributed by atoms with Gasteiger partial charge in [-0.05, 0) is 49.6 Å². The third kappa shape index (κ3) is 1.56. The van der Waals surface area contributed by atoms with Crippen molar-refractivity contribution >= 4 is 17.1 Å². The fraction of sp³-hybridized carbons (Fsp3) is 0.381. The minimum atomic E-state index is -0.134. The van der Waals surface area contributed by atoms with Gasteiger partial charge in [0.25, 0.3) is 0 Å². The predicted molar refractivity (Wildman–Crippen MR) is 98.4 cm³/mol. The van der Waals surface area contributed by atoms with Crippen LogP contribution < -0.4 is 4.90 Å². The van der Waals surface area contributed by atoms with Gasteiger partial charge < -0.3 is 4.90 Å². The van der Waals surface area contributed by atoms with Crippen LogP contribution in [0, 0.1) is 13.8 Å². The van der Waals surface area contributed by atoms with E-state index in [2.05, 4.69) is 83.0 Å². The SMILES string of the molecule is Cc1cc2c(cc1C)N(C)[C@@]1(C)C(=N2)c2ccccc2C1(C)C. The van der Waals surface area contributed by atoms with Crippen LogP contribution in [0.2, 0.25) is 0 Å². The summed E-state index contributed by atoms with van der Waals surface area (Å²) in [4.78, 5) is 7.59. The van der Waals surface area contributed by atoms with Crippen molar-refractivity contribution in [1.82, 2.24) is 0 Å². The molecule has 2 aromatic carbocycles. The maximum Gasteiger partial charge on any atom is 0.0890 e. The highest BCUT2D eigenvalue weighted by Crippen LogP contribution is 2.54. The Bertz CT molecular complexity index is 860. The summed E-state index contributed by atoms with van der Waals surface area (Å²) in [6, 6.07) is 13.3. The van der Waals surface area contributed by atoms with Crippen molar-refractivity contribution in [2.45, 2.75) is 45.6 Å². The molecule has 0 amide bonds. The van der Waals surface area contributed by atoms with E-state index in [1.807, 2.05) is 0 Å². The van der Waals surface area contributed by atoms with E-state index in [1.165, 1.54) is 33.7 Å². The molecule has 0 radical (unpaired) electrons. The van der Waals surface area contributed by atoms with Crippen molar-refractivity contribution in [1.29, 1.82) is 0 Å². The Morgan fingerprint density at radius 3 is 2.35 bits per heavy atom. The van der Waals surface area contributed by atoms with Gasteiger partial charge in [-0.3, -0.25) is 0 Å². The van der Waals surface area contributed by atoms with E-state index in [0.717, 1.165) is 5.69 Å². The first-order chi connectivity index (χ1) is 10.8. The zero-order valence-electron chi connectivity index (χ0n) is 14.9. The average molecular weight is 304 g/mol. The Morgan fingerprint density at radius 2 is 1.61 bits per heavy atom. The molecule has 4 rings (SSSR count). The third-order valence-electron chi connectivity index (χ3n) is 6.39. The molecule has 0 saturated heterocycles. The number of fused-ring (bicyclic) bond motifs is 4. The van der Waals surface area contributed by atoms with E-state index in [-0.39, 0.29) is 11.0 Å². The smallest absolute Gasteiger partial charge is 0.0890 e. The van der Waals surface area contributed by atoms with Crippen LogP contribution in [0.5, 0.6) is 0 Å². The lowest BCUT2D eigenvalue weighted by Crippen LogP contribution is -2.59. The molecule has 1 atom stereocenters. The second kappa shape index (κ2) is 4.25. The van der Waals surface area contributed by atoms with Crippen molar-refractivity contribution < 1.29 is 0 Å². The first-order valence-corrected chi connectivity index (χ1v) is 8.32. The van der Waals surface area contributed by atoms with Crippen molar-refractivity contribution in [2.24, 2.45) is 4.99 Å². The average Bonchev–Trinajstić information content (AvgIpc) is 2.69. The van der Waals surface area contributed by atoms with Gasteiger partial charge in [0.2, 0.25) is 0 Å². The minimum Gasteiger partial charge on any atom is -0.361 e. The van der Waals surface area contributed by atoms with E-state index >= 15 is 0 Å². The van der Waals surface area contributed by atoms with E-state index < -0.39 is 0 Å². The molecule has 0 N–H and O–H groups in total. The summed E-state index contributed by atoms with van der Waals surface area (Å²) in [5.74, 6) is 0. The summed E-state index contributed by atoms with van der Waals surface area (Å²) in [7, 11) is 2.22.